The van der Waals surface area contributed by atoms with Gasteiger partial charge < -0.3 is 10.7 Å². The molecule has 0 aliphatic heterocycles. The number of nitrogens with one attached hydrogen (secondary N) is 1. The number of imidazole rings is 1. The first kappa shape index (κ1) is 11.5. The average molecular weight is 249 g/mol. The Morgan fingerprint density at radius 1 is 1.00 bits per heavy atom. The van der Waals surface area contributed by atoms with Crippen LogP contribution in [0.4, 0.5) is 5.69 Å². The van der Waals surface area contributed by atoms with Gasteiger partial charge in [0.25, 0.3) is 0 Å². The Labute approximate surface area is 112 Å². The molecular weight excluding hydrogens is 234 g/mol. The maximum absolute atomic E-state index is 5.69. The molecule has 0 unspecified atom stereocenters. The Kier molecular flexibility index (Phi) is 2.80. The summed E-state index contributed by atoms with van der Waals surface area (Å²) in [5.74, 6) is 0.859. The second-order valence-electron chi connectivity index (χ2n) is 4.58. The Balaban J connectivity index is 2.00. The number of aryl methyl sites for hydroxylation is 1. The molecular formula is C16H15N3. The standard InChI is InChI=1S/C16H15N3/c1-11-4-2-3-5-14(11)15-10-18-16(19-15)12-6-8-13(17)9-7-12/h2-10H,17H2,1H3,(H,18,19). The molecule has 0 aliphatic carbocycles. The lowest BCUT2D eigenvalue weighted by Gasteiger charge is -2.02. The molecule has 0 spiro atoms. The first-order valence-corrected chi connectivity index (χ1v) is 6.21. The van der Waals surface area contributed by atoms with Gasteiger partial charge in [-0.05, 0) is 36.8 Å². The Morgan fingerprint density at radius 3 is 2.47 bits per heavy atom. The van der Waals surface area contributed by atoms with Crippen LogP contribution in [0, 0.1) is 6.92 Å². The fourth-order valence-corrected chi connectivity index (χ4v) is 2.12. The lowest BCUT2D eigenvalue weighted by Crippen LogP contribution is -1.86. The van der Waals surface area contributed by atoms with Crippen molar-refractivity contribution in [2.45, 2.75) is 6.92 Å². The third-order valence-corrected chi connectivity index (χ3v) is 3.20. The van der Waals surface area contributed by atoms with E-state index in [1.165, 1.54) is 11.1 Å². The third-order valence-electron chi connectivity index (χ3n) is 3.20. The predicted molar refractivity (Wildman–Crippen MR) is 78.6 cm³/mol. The Morgan fingerprint density at radius 2 is 1.74 bits per heavy atom. The monoisotopic (exact) mass is 249 g/mol. The fourth-order valence-electron chi connectivity index (χ4n) is 2.12. The van der Waals surface area contributed by atoms with Crippen LogP contribution in [0.2, 0.25) is 0 Å². The minimum atomic E-state index is 0.759. The smallest absolute Gasteiger partial charge is 0.137 e. The zero-order chi connectivity index (χ0) is 13.2. The third kappa shape index (κ3) is 2.22. The molecule has 0 atom stereocenters. The van der Waals surface area contributed by atoms with Crippen molar-refractivity contribution in [1.82, 2.24) is 9.97 Å². The van der Waals surface area contributed by atoms with E-state index in [2.05, 4.69) is 29.0 Å². The molecule has 19 heavy (non-hydrogen) atoms. The zero-order valence-electron chi connectivity index (χ0n) is 10.7. The summed E-state index contributed by atoms with van der Waals surface area (Å²) in [5, 5.41) is 0. The maximum atomic E-state index is 5.69. The molecule has 2 aromatic carbocycles. The number of aromatic amines is 1. The summed E-state index contributed by atoms with van der Waals surface area (Å²) in [6, 6.07) is 16.0. The number of rotatable bonds is 2. The molecule has 0 saturated heterocycles. The van der Waals surface area contributed by atoms with Crippen molar-refractivity contribution in [3.63, 3.8) is 0 Å². The van der Waals surface area contributed by atoms with E-state index in [0.29, 0.717) is 0 Å². The summed E-state index contributed by atoms with van der Waals surface area (Å²) in [4.78, 5) is 7.79. The molecule has 1 heterocycles. The van der Waals surface area contributed by atoms with Gasteiger partial charge in [0.05, 0.1) is 11.9 Å². The lowest BCUT2D eigenvalue weighted by atomic mass is 10.1. The van der Waals surface area contributed by atoms with Gasteiger partial charge in [0.2, 0.25) is 0 Å². The summed E-state index contributed by atoms with van der Waals surface area (Å²) in [6.45, 7) is 2.10. The molecule has 94 valence electrons. The number of hydrogen-bond acceptors (Lipinski definition) is 2. The van der Waals surface area contributed by atoms with Crippen LogP contribution in [0.15, 0.2) is 54.7 Å². The van der Waals surface area contributed by atoms with Crippen molar-refractivity contribution in [2.24, 2.45) is 0 Å². The van der Waals surface area contributed by atoms with Gasteiger partial charge >= 0.3 is 0 Å². The van der Waals surface area contributed by atoms with E-state index < -0.39 is 0 Å². The molecule has 3 N–H and O–H groups in total. The topological polar surface area (TPSA) is 54.7 Å². The highest BCUT2D eigenvalue weighted by Gasteiger charge is 2.06. The highest BCUT2D eigenvalue weighted by Crippen LogP contribution is 2.24. The normalized spacial score (nSPS) is 10.6. The van der Waals surface area contributed by atoms with E-state index >= 15 is 0 Å². The molecule has 0 fully saturated rings. The van der Waals surface area contributed by atoms with Gasteiger partial charge in [-0.1, -0.05) is 24.3 Å². The highest BCUT2D eigenvalue weighted by molar-refractivity contribution is 5.67. The van der Waals surface area contributed by atoms with E-state index in [1.807, 2.05) is 42.6 Å². The minimum absolute atomic E-state index is 0.759. The summed E-state index contributed by atoms with van der Waals surface area (Å²) < 4.78 is 0. The molecule has 3 nitrogen and oxygen atoms in total. The number of nitrogens with two attached hydrogens (primary N) is 1. The predicted octanol–water partition coefficient (Wildman–Crippen LogP) is 3.63. The number of anilines is 1. The quantitative estimate of drug-likeness (QED) is 0.681. The molecule has 0 aliphatic rings. The van der Waals surface area contributed by atoms with Crippen molar-refractivity contribution in [2.75, 3.05) is 5.73 Å². The number of H-pyrrole nitrogens is 1. The van der Waals surface area contributed by atoms with Crippen LogP contribution >= 0.6 is 0 Å². The van der Waals surface area contributed by atoms with Crippen molar-refractivity contribution in [3.05, 3.63) is 60.3 Å². The van der Waals surface area contributed by atoms with Gasteiger partial charge in [-0.3, -0.25) is 0 Å². The van der Waals surface area contributed by atoms with E-state index in [4.69, 9.17) is 5.73 Å². The van der Waals surface area contributed by atoms with E-state index in [9.17, 15) is 0 Å². The SMILES string of the molecule is Cc1ccccc1-c1cnc(-c2ccc(N)cc2)[nH]1. The van der Waals surface area contributed by atoms with Crippen LogP contribution in [-0.2, 0) is 0 Å². The van der Waals surface area contributed by atoms with Gasteiger partial charge in [0, 0.05) is 16.8 Å². The van der Waals surface area contributed by atoms with Gasteiger partial charge in [0.15, 0.2) is 0 Å². The van der Waals surface area contributed by atoms with Crippen LogP contribution in [0.5, 0.6) is 0 Å². The van der Waals surface area contributed by atoms with Gasteiger partial charge in [0.1, 0.15) is 5.82 Å². The van der Waals surface area contributed by atoms with Crippen molar-refractivity contribution in [3.8, 4) is 22.6 Å². The molecule has 3 aromatic rings. The first-order valence-electron chi connectivity index (χ1n) is 6.21. The summed E-state index contributed by atoms with van der Waals surface area (Å²) in [7, 11) is 0. The van der Waals surface area contributed by atoms with Gasteiger partial charge in [-0.15, -0.1) is 0 Å². The Hall–Kier alpha value is -2.55. The van der Waals surface area contributed by atoms with Crippen molar-refractivity contribution >= 4 is 5.69 Å². The summed E-state index contributed by atoms with van der Waals surface area (Å²) in [5.41, 5.74) is 10.9. The van der Waals surface area contributed by atoms with Gasteiger partial charge in [-0.25, -0.2) is 4.98 Å². The molecule has 0 amide bonds. The molecule has 3 heteroatoms. The van der Waals surface area contributed by atoms with Crippen molar-refractivity contribution < 1.29 is 0 Å². The lowest BCUT2D eigenvalue weighted by molar-refractivity contribution is 1.31. The van der Waals surface area contributed by atoms with E-state index in [-0.39, 0.29) is 0 Å². The van der Waals surface area contributed by atoms with E-state index in [1.54, 1.807) is 0 Å². The summed E-state index contributed by atoms with van der Waals surface area (Å²) >= 11 is 0. The van der Waals surface area contributed by atoms with Crippen LogP contribution < -0.4 is 5.73 Å². The largest absolute Gasteiger partial charge is 0.399 e. The first-order chi connectivity index (χ1) is 9.24. The highest BCUT2D eigenvalue weighted by atomic mass is 14.9. The van der Waals surface area contributed by atoms with E-state index in [0.717, 1.165) is 22.8 Å². The number of aromatic nitrogens is 2. The maximum Gasteiger partial charge on any atom is 0.137 e. The van der Waals surface area contributed by atoms with Gasteiger partial charge in [-0.2, -0.15) is 0 Å². The molecule has 0 radical (unpaired) electrons. The summed E-state index contributed by atoms with van der Waals surface area (Å²) in [6.07, 6.45) is 1.87. The second kappa shape index (κ2) is 4.61. The molecule has 0 saturated carbocycles. The fraction of sp³-hybridized carbons (Fsp3) is 0.0625. The van der Waals surface area contributed by atoms with Crippen LogP contribution in [-0.4, -0.2) is 9.97 Å². The van der Waals surface area contributed by atoms with Crippen LogP contribution in [0.3, 0.4) is 0 Å². The van der Waals surface area contributed by atoms with Crippen molar-refractivity contribution in [1.29, 1.82) is 0 Å². The number of nitrogen functional groups attached to an aromatic ring is 1. The van der Waals surface area contributed by atoms with Crippen LogP contribution in [0.25, 0.3) is 22.6 Å². The number of nitrogens with zero attached hydrogens (tertiary/aromatic N) is 1. The number of hydrogen-bond donors (Lipinski definition) is 2. The molecule has 3 rings (SSSR count). The second-order valence-corrected chi connectivity index (χ2v) is 4.58. The number of benzene rings is 2. The average Bonchev–Trinajstić information content (AvgIpc) is 2.89. The Bertz CT molecular complexity index is 696. The minimum Gasteiger partial charge on any atom is -0.399 e. The molecule has 0 bridgehead atoms. The van der Waals surface area contributed by atoms with Crippen LogP contribution in [0.1, 0.15) is 5.56 Å². The molecule has 1 aromatic heterocycles. The zero-order valence-corrected chi connectivity index (χ0v) is 10.7.